The number of nitrogens with one attached hydrogen (secondary N) is 2. The lowest BCUT2D eigenvalue weighted by molar-refractivity contribution is 0.0342. The Balaban J connectivity index is 1.80. The summed E-state index contributed by atoms with van der Waals surface area (Å²) >= 11 is 0. The third-order valence-electron chi connectivity index (χ3n) is 4.21. The molecular formula is C18H30N4O. The van der Waals surface area contributed by atoms with Crippen LogP contribution in [0.5, 0.6) is 0 Å². The molecule has 0 spiro atoms. The molecule has 0 saturated carbocycles. The van der Waals surface area contributed by atoms with E-state index in [0.29, 0.717) is 6.04 Å². The van der Waals surface area contributed by atoms with Crippen LogP contribution in [0.4, 0.5) is 0 Å². The fourth-order valence-electron chi connectivity index (χ4n) is 2.50. The molecule has 2 N–H and O–H groups in total. The van der Waals surface area contributed by atoms with Crippen molar-refractivity contribution >= 4 is 5.96 Å². The SMILES string of the molecule is CCC(C)NC(=NC)NCc1ccc(CN2CCOCC2)cc1. The summed E-state index contributed by atoms with van der Waals surface area (Å²) in [5, 5.41) is 6.74. The minimum atomic E-state index is 0.428. The second kappa shape index (κ2) is 9.53. The Morgan fingerprint density at radius 3 is 2.48 bits per heavy atom. The molecule has 5 nitrogen and oxygen atoms in total. The zero-order valence-corrected chi connectivity index (χ0v) is 14.6. The van der Waals surface area contributed by atoms with E-state index in [9.17, 15) is 0 Å². The quantitative estimate of drug-likeness (QED) is 0.622. The molecule has 1 fully saturated rings. The van der Waals surface area contributed by atoms with Crippen LogP contribution in [-0.2, 0) is 17.8 Å². The molecule has 2 rings (SSSR count). The third-order valence-corrected chi connectivity index (χ3v) is 4.21. The zero-order chi connectivity index (χ0) is 16.5. The van der Waals surface area contributed by atoms with Crippen molar-refractivity contribution in [1.82, 2.24) is 15.5 Å². The van der Waals surface area contributed by atoms with Gasteiger partial charge >= 0.3 is 0 Å². The lowest BCUT2D eigenvalue weighted by Crippen LogP contribution is -2.41. The summed E-state index contributed by atoms with van der Waals surface area (Å²) in [7, 11) is 1.81. The Hall–Kier alpha value is -1.59. The van der Waals surface area contributed by atoms with Crippen LogP contribution in [0.1, 0.15) is 31.4 Å². The molecule has 0 aliphatic carbocycles. The third kappa shape index (κ3) is 6.20. The number of ether oxygens (including phenoxy) is 1. The van der Waals surface area contributed by atoms with E-state index in [1.807, 2.05) is 7.05 Å². The van der Waals surface area contributed by atoms with Crippen molar-refractivity contribution < 1.29 is 4.74 Å². The molecule has 23 heavy (non-hydrogen) atoms. The Morgan fingerprint density at radius 1 is 1.22 bits per heavy atom. The first-order valence-corrected chi connectivity index (χ1v) is 8.56. The number of guanidine groups is 1. The van der Waals surface area contributed by atoms with E-state index >= 15 is 0 Å². The highest BCUT2D eigenvalue weighted by Gasteiger charge is 2.10. The first-order valence-electron chi connectivity index (χ1n) is 8.56. The summed E-state index contributed by atoms with van der Waals surface area (Å²) in [4.78, 5) is 6.70. The van der Waals surface area contributed by atoms with Crippen LogP contribution < -0.4 is 10.6 Å². The maximum absolute atomic E-state index is 5.39. The fourth-order valence-corrected chi connectivity index (χ4v) is 2.50. The maximum Gasteiger partial charge on any atom is 0.191 e. The van der Waals surface area contributed by atoms with E-state index in [1.54, 1.807) is 0 Å². The summed E-state index contributed by atoms with van der Waals surface area (Å²) in [6.45, 7) is 9.88. The van der Waals surface area contributed by atoms with Crippen LogP contribution in [0.25, 0.3) is 0 Å². The number of aliphatic imine (C=N–C) groups is 1. The van der Waals surface area contributed by atoms with Crippen LogP contribution in [0.3, 0.4) is 0 Å². The molecule has 0 amide bonds. The number of hydrogen-bond acceptors (Lipinski definition) is 3. The molecule has 5 heteroatoms. The second-order valence-corrected chi connectivity index (χ2v) is 6.08. The molecule has 1 aliphatic rings. The topological polar surface area (TPSA) is 48.9 Å². The van der Waals surface area contributed by atoms with Gasteiger partial charge in [-0.1, -0.05) is 31.2 Å². The predicted molar refractivity (Wildman–Crippen MR) is 95.6 cm³/mol. The van der Waals surface area contributed by atoms with E-state index in [1.165, 1.54) is 11.1 Å². The molecule has 0 radical (unpaired) electrons. The van der Waals surface area contributed by atoms with Gasteiger partial charge in [-0.2, -0.15) is 0 Å². The highest BCUT2D eigenvalue weighted by atomic mass is 16.5. The van der Waals surface area contributed by atoms with E-state index in [0.717, 1.165) is 51.8 Å². The molecule has 1 aromatic carbocycles. The normalized spacial score (nSPS) is 17.8. The summed E-state index contributed by atoms with van der Waals surface area (Å²) in [6.07, 6.45) is 1.08. The Kier molecular flexibility index (Phi) is 7.36. The maximum atomic E-state index is 5.39. The highest BCUT2D eigenvalue weighted by Crippen LogP contribution is 2.09. The van der Waals surface area contributed by atoms with Gasteiger partial charge in [-0.05, 0) is 24.5 Å². The summed E-state index contributed by atoms with van der Waals surface area (Å²) < 4.78 is 5.39. The van der Waals surface area contributed by atoms with E-state index in [-0.39, 0.29) is 0 Å². The van der Waals surface area contributed by atoms with Gasteiger partial charge < -0.3 is 15.4 Å². The van der Waals surface area contributed by atoms with Gasteiger partial charge in [-0.25, -0.2) is 0 Å². The first-order chi connectivity index (χ1) is 11.2. The van der Waals surface area contributed by atoms with Gasteiger partial charge in [0.25, 0.3) is 0 Å². The molecule has 1 atom stereocenters. The van der Waals surface area contributed by atoms with Crippen LogP contribution in [0, 0.1) is 0 Å². The number of rotatable bonds is 6. The lowest BCUT2D eigenvalue weighted by Gasteiger charge is -2.26. The van der Waals surface area contributed by atoms with E-state index < -0.39 is 0 Å². The van der Waals surface area contributed by atoms with Crippen molar-refractivity contribution in [3.8, 4) is 0 Å². The first kappa shape index (κ1) is 17.8. The standard InChI is InChI=1S/C18H30N4O/c1-4-15(2)21-18(19-3)20-13-16-5-7-17(8-6-16)14-22-9-11-23-12-10-22/h5-8,15H,4,9-14H2,1-3H3,(H2,19,20,21). The molecule has 1 heterocycles. The average Bonchev–Trinajstić information content (AvgIpc) is 2.60. The summed E-state index contributed by atoms with van der Waals surface area (Å²) in [5.74, 6) is 0.858. The minimum Gasteiger partial charge on any atom is -0.379 e. The van der Waals surface area contributed by atoms with Crippen molar-refractivity contribution in [2.75, 3.05) is 33.4 Å². The average molecular weight is 318 g/mol. The Bertz CT molecular complexity index is 480. The predicted octanol–water partition coefficient (Wildman–Crippen LogP) is 1.98. The number of nitrogens with zero attached hydrogens (tertiary/aromatic N) is 2. The number of benzene rings is 1. The van der Waals surface area contributed by atoms with Gasteiger partial charge in [-0.15, -0.1) is 0 Å². The van der Waals surface area contributed by atoms with Gasteiger partial charge in [-0.3, -0.25) is 9.89 Å². The lowest BCUT2D eigenvalue weighted by atomic mass is 10.1. The van der Waals surface area contributed by atoms with Crippen molar-refractivity contribution in [3.63, 3.8) is 0 Å². The molecule has 1 aliphatic heterocycles. The van der Waals surface area contributed by atoms with Crippen LogP contribution in [-0.4, -0.2) is 50.3 Å². The summed E-state index contributed by atoms with van der Waals surface area (Å²) in [6, 6.07) is 9.25. The van der Waals surface area contributed by atoms with Crippen LogP contribution in [0.15, 0.2) is 29.3 Å². The fraction of sp³-hybridized carbons (Fsp3) is 0.611. The minimum absolute atomic E-state index is 0.428. The van der Waals surface area contributed by atoms with Crippen molar-refractivity contribution in [3.05, 3.63) is 35.4 Å². The molecule has 0 bridgehead atoms. The van der Waals surface area contributed by atoms with Gasteiger partial charge in [0.1, 0.15) is 0 Å². The van der Waals surface area contributed by atoms with Gasteiger partial charge in [0.2, 0.25) is 0 Å². The number of hydrogen-bond donors (Lipinski definition) is 2. The summed E-state index contributed by atoms with van der Waals surface area (Å²) in [5.41, 5.74) is 2.63. The van der Waals surface area contributed by atoms with Crippen molar-refractivity contribution in [2.24, 2.45) is 4.99 Å². The van der Waals surface area contributed by atoms with Crippen molar-refractivity contribution in [1.29, 1.82) is 0 Å². The highest BCUT2D eigenvalue weighted by molar-refractivity contribution is 5.79. The van der Waals surface area contributed by atoms with Crippen LogP contribution >= 0.6 is 0 Å². The van der Waals surface area contributed by atoms with Crippen LogP contribution in [0.2, 0.25) is 0 Å². The second-order valence-electron chi connectivity index (χ2n) is 6.08. The van der Waals surface area contributed by atoms with Crippen molar-refractivity contribution in [2.45, 2.75) is 39.4 Å². The Labute approximate surface area is 140 Å². The van der Waals surface area contributed by atoms with Gasteiger partial charge in [0.15, 0.2) is 5.96 Å². The molecule has 0 aromatic heterocycles. The zero-order valence-electron chi connectivity index (χ0n) is 14.6. The molecule has 128 valence electrons. The number of morpholine rings is 1. The van der Waals surface area contributed by atoms with E-state index in [2.05, 4.69) is 58.6 Å². The monoisotopic (exact) mass is 318 g/mol. The smallest absolute Gasteiger partial charge is 0.191 e. The van der Waals surface area contributed by atoms with E-state index in [4.69, 9.17) is 4.74 Å². The van der Waals surface area contributed by atoms with Gasteiger partial charge in [0.05, 0.1) is 13.2 Å². The molecule has 1 aromatic rings. The van der Waals surface area contributed by atoms with Gasteiger partial charge in [0, 0.05) is 39.3 Å². The largest absolute Gasteiger partial charge is 0.379 e. The molecular weight excluding hydrogens is 288 g/mol. The molecule has 1 unspecified atom stereocenters. The molecule has 1 saturated heterocycles. The Morgan fingerprint density at radius 2 is 1.87 bits per heavy atom.